The monoisotopic (exact) mass is 423 g/mol. The molecule has 150 valence electrons. The Kier molecular flexibility index (Phi) is 6.82. The molecule has 0 radical (unpaired) electrons. The van der Waals surface area contributed by atoms with E-state index in [-0.39, 0.29) is 27.9 Å². The van der Waals surface area contributed by atoms with Gasteiger partial charge < -0.3 is 5.32 Å². The summed E-state index contributed by atoms with van der Waals surface area (Å²) < 4.78 is 28.1. The molecule has 0 bridgehead atoms. The summed E-state index contributed by atoms with van der Waals surface area (Å²) in [5.74, 6) is -0.159. The highest BCUT2D eigenvalue weighted by atomic mass is 35.5. The molecule has 0 unspecified atom stereocenters. The molecule has 0 aliphatic rings. The molecular formula is C18H22ClN5O3S. The number of nitrogens with zero attached hydrogens (tertiary/aromatic N) is 4. The second kappa shape index (κ2) is 8.73. The van der Waals surface area contributed by atoms with Crippen molar-refractivity contribution in [2.75, 3.05) is 12.4 Å². The van der Waals surface area contributed by atoms with E-state index >= 15 is 0 Å². The molecule has 0 atom stereocenters. The lowest BCUT2D eigenvalue weighted by atomic mass is 10.2. The molecular weight excluding hydrogens is 402 g/mol. The lowest BCUT2D eigenvalue weighted by Crippen LogP contribution is -2.33. The first-order chi connectivity index (χ1) is 13.1. The number of aryl methyl sites for hydroxylation is 2. The number of anilines is 1. The van der Waals surface area contributed by atoms with Gasteiger partial charge in [0.25, 0.3) is 5.91 Å². The second-order valence-electron chi connectivity index (χ2n) is 6.51. The quantitative estimate of drug-likeness (QED) is 0.736. The minimum atomic E-state index is -3.76. The zero-order valence-corrected chi connectivity index (χ0v) is 17.7. The van der Waals surface area contributed by atoms with Gasteiger partial charge in [-0.2, -0.15) is 14.7 Å². The van der Waals surface area contributed by atoms with E-state index in [9.17, 15) is 13.2 Å². The summed E-state index contributed by atoms with van der Waals surface area (Å²) in [4.78, 5) is 12.7. The van der Waals surface area contributed by atoms with E-state index in [0.717, 1.165) is 0 Å². The van der Waals surface area contributed by atoms with Crippen LogP contribution in [0.4, 0.5) is 5.82 Å². The molecule has 1 aromatic heterocycles. The van der Waals surface area contributed by atoms with Gasteiger partial charge in [0.15, 0.2) is 0 Å². The van der Waals surface area contributed by atoms with Crippen molar-refractivity contribution in [3.05, 3.63) is 40.5 Å². The van der Waals surface area contributed by atoms with Crippen LogP contribution in [0.3, 0.4) is 0 Å². The number of hydrogen-bond donors (Lipinski definition) is 1. The van der Waals surface area contributed by atoms with Crippen LogP contribution in [0.2, 0.25) is 5.02 Å². The standard InChI is InChI=1S/C18H22ClN5O3S/c1-12(2)23(4)28(26,27)14-6-7-16(19)15(11-14)18(25)21-17-10-13(3)22-24(17)9-5-8-20/h6-7,10-12H,5,9H2,1-4H3,(H,21,25). The topological polar surface area (TPSA) is 108 Å². The van der Waals surface area contributed by atoms with Crippen LogP contribution >= 0.6 is 11.6 Å². The zero-order chi connectivity index (χ0) is 21.1. The maximum absolute atomic E-state index is 12.7. The number of nitriles is 1. The molecule has 28 heavy (non-hydrogen) atoms. The van der Waals surface area contributed by atoms with Gasteiger partial charge in [-0.3, -0.25) is 4.79 Å². The summed E-state index contributed by atoms with van der Waals surface area (Å²) in [7, 11) is -2.28. The van der Waals surface area contributed by atoms with Crippen LogP contribution in [0.15, 0.2) is 29.2 Å². The molecule has 1 N–H and O–H groups in total. The summed E-state index contributed by atoms with van der Waals surface area (Å²) in [6.07, 6.45) is 0.236. The van der Waals surface area contributed by atoms with Crippen molar-refractivity contribution in [2.45, 2.75) is 44.7 Å². The summed E-state index contributed by atoms with van der Waals surface area (Å²) in [6.45, 7) is 5.60. The van der Waals surface area contributed by atoms with Gasteiger partial charge in [0.05, 0.1) is 40.2 Å². The molecule has 0 fully saturated rings. The van der Waals surface area contributed by atoms with Crippen molar-refractivity contribution in [3.8, 4) is 6.07 Å². The van der Waals surface area contributed by atoms with E-state index in [0.29, 0.717) is 18.1 Å². The minimum absolute atomic E-state index is 0.0209. The van der Waals surface area contributed by atoms with E-state index in [4.69, 9.17) is 16.9 Å². The van der Waals surface area contributed by atoms with E-state index in [2.05, 4.69) is 10.4 Å². The number of carbonyl (C=O) groups excluding carboxylic acids is 1. The van der Waals surface area contributed by atoms with E-state index in [1.54, 1.807) is 26.8 Å². The van der Waals surface area contributed by atoms with Crippen LogP contribution in [0, 0.1) is 18.3 Å². The maximum atomic E-state index is 12.7. The van der Waals surface area contributed by atoms with Crippen LogP contribution in [0.5, 0.6) is 0 Å². The van der Waals surface area contributed by atoms with Crippen LogP contribution in [0.1, 0.15) is 36.3 Å². The lowest BCUT2D eigenvalue weighted by molar-refractivity contribution is 0.102. The van der Waals surface area contributed by atoms with Crippen molar-refractivity contribution in [1.82, 2.24) is 14.1 Å². The first-order valence-electron chi connectivity index (χ1n) is 8.58. The van der Waals surface area contributed by atoms with Gasteiger partial charge in [-0.15, -0.1) is 0 Å². The van der Waals surface area contributed by atoms with Crippen LogP contribution in [0.25, 0.3) is 0 Å². The summed E-state index contributed by atoms with van der Waals surface area (Å²) in [5, 5.41) is 15.8. The smallest absolute Gasteiger partial charge is 0.258 e. The third kappa shape index (κ3) is 4.70. The summed E-state index contributed by atoms with van der Waals surface area (Å²) >= 11 is 6.14. The molecule has 1 heterocycles. The molecule has 0 saturated carbocycles. The number of amides is 1. The van der Waals surface area contributed by atoms with Gasteiger partial charge in [-0.25, -0.2) is 13.1 Å². The first-order valence-corrected chi connectivity index (χ1v) is 10.4. The number of halogens is 1. The first kappa shape index (κ1) is 21.9. The Bertz CT molecular complexity index is 1020. The number of nitrogens with one attached hydrogen (secondary N) is 1. The fourth-order valence-electron chi connectivity index (χ4n) is 2.44. The number of sulfonamides is 1. The number of benzene rings is 1. The van der Waals surface area contributed by atoms with Crippen LogP contribution < -0.4 is 5.32 Å². The van der Waals surface area contributed by atoms with Gasteiger partial charge in [0.1, 0.15) is 5.82 Å². The van der Waals surface area contributed by atoms with E-state index in [1.807, 2.05) is 6.07 Å². The number of aromatic nitrogens is 2. The average Bonchev–Trinajstić information content (AvgIpc) is 2.98. The molecule has 0 aliphatic heterocycles. The largest absolute Gasteiger partial charge is 0.307 e. The molecule has 0 spiro atoms. The molecule has 2 aromatic rings. The highest BCUT2D eigenvalue weighted by Crippen LogP contribution is 2.24. The van der Waals surface area contributed by atoms with Crippen molar-refractivity contribution < 1.29 is 13.2 Å². The van der Waals surface area contributed by atoms with Gasteiger partial charge in [0, 0.05) is 19.2 Å². The Morgan fingerprint density at radius 1 is 1.39 bits per heavy atom. The molecule has 8 nitrogen and oxygen atoms in total. The van der Waals surface area contributed by atoms with Crippen LogP contribution in [-0.4, -0.2) is 41.5 Å². The maximum Gasteiger partial charge on any atom is 0.258 e. The van der Waals surface area contributed by atoms with Crippen molar-refractivity contribution in [3.63, 3.8) is 0 Å². The Morgan fingerprint density at radius 3 is 2.68 bits per heavy atom. The fourth-order valence-corrected chi connectivity index (χ4v) is 4.04. The van der Waals surface area contributed by atoms with Crippen molar-refractivity contribution >= 4 is 33.3 Å². The third-order valence-electron chi connectivity index (χ3n) is 4.17. The molecule has 2 rings (SSSR count). The minimum Gasteiger partial charge on any atom is -0.307 e. The van der Waals surface area contributed by atoms with Crippen molar-refractivity contribution in [2.24, 2.45) is 0 Å². The van der Waals surface area contributed by atoms with Gasteiger partial charge in [-0.1, -0.05) is 11.6 Å². The highest BCUT2D eigenvalue weighted by Gasteiger charge is 2.25. The number of carbonyl (C=O) groups is 1. The average molecular weight is 424 g/mol. The number of hydrogen-bond acceptors (Lipinski definition) is 5. The highest BCUT2D eigenvalue weighted by molar-refractivity contribution is 7.89. The van der Waals surface area contributed by atoms with Gasteiger partial charge in [-0.05, 0) is 39.0 Å². The Morgan fingerprint density at radius 2 is 2.07 bits per heavy atom. The molecule has 0 aliphatic carbocycles. The summed E-state index contributed by atoms with van der Waals surface area (Å²) in [6, 6.07) is 7.46. The zero-order valence-electron chi connectivity index (χ0n) is 16.1. The molecule has 0 saturated heterocycles. The van der Waals surface area contributed by atoms with Gasteiger partial charge >= 0.3 is 0 Å². The SMILES string of the molecule is Cc1cc(NC(=O)c2cc(S(=O)(=O)N(C)C(C)C)ccc2Cl)n(CCC#N)n1. The summed E-state index contributed by atoms with van der Waals surface area (Å²) in [5.41, 5.74) is 0.708. The van der Waals surface area contributed by atoms with E-state index in [1.165, 1.54) is 34.2 Å². The molecule has 1 aromatic carbocycles. The lowest BCUT2D eigenvalue weighted by Gasteiger charge is -2.21. The van der Waals surface area contributed by atoms with E-state index < -0.39 is 15.9 Å². The van der Waals surface area contributed by atoms with Crippen molar-refractivity contribution in [1.29, 1.82) is 5.26 Å². The predicted molar refractivity (Wildman–Crippen MR) is 107 cm³/mol. The second-order valence-corrected chi connectivity index (χ2v) is 8.92. The molecule has 10 heteroatoms. The number of rotatable bonds is 7. The Balaban J connectivity index is 2.36. The molecule has 1 amide bonds. The Labute approximate surface area is 169 Å². The Hall–Kier alpha value is -2.41. The predicted octanol–water partition coefficient (Wildman–Crippen LogP) is 3.04. The van der Waals surface area contributed by atoms with Crippen LogP contribution in [-0.2, 0) is 16.6 Å². The third-order valence-corrected chi connectivity index (χ3v) is 6.52. The van der Waals surface area contributed by atoms with Gasteiger partial charge in [0.2, 0.25) is 10.0 Å². The normalized spacial score (nSPS) is 11.6. The fraction of sp³-hybridized carbons (Fsp3) is 0.389.